The van der Waals surface area contributed by atoms with Gasteiger partial charge >= 0.3 is 0 Å². The van der Waals surface area contributed by atoms with Crippen LogP contribution in [0, 0.1) is 0 Å². The number of hydrogen-bond donors (Lipinski definition) is 2. The molecule has 0 aromatic carbocycles. The number of anilines is 4. The molecule has 7 heteroatoms. The summed E-state index contributed by atoms with van der Waals surface area (Å²) in [4.78, 5) is 17.3. The highest BCUT2D eigenvalue weighted by atomic mass is 15.3. The van der Waals surface area contributed by atoms with Gasteiger partial charge in [-0.05, 0) is 19.2 Å². The number of piperazine rings is 1. The number of aromatic nitrogens is 3. The van der Waals surface area contributed by atoms with Gasteiger partial charge in [-0.2, -0.15) is 0 Å². The molecule has 7 nitrogen and oxygen atoms in total. The van der Waals surface area contributed by atoms with Crippen LogP contribution in [0.1, 0.15) is 0 Å². The van der Waals surface area contributed by atoms with E-state index >= 15 is 0 Å². The molecule has 0 saturated carbocycles. The van der Waals surface area contributed by atoms with Crippen LogP contribution < -0.4 is 16.0 Å². The Hall–Kier alpha value is -2.41. The fraction of sp³-hybridized carbons (Fsp3) is 0.357. The third-order valence-corrected chi connectivity index (χ3v) is 3.58. The molecule has 0 amide bonds. The first-order valence-electron chi connectivity index (χ1n) is 6.96. The number of likely N-dealkylation sites (N-methyl/N-ethyl adjacent to an activating group) is 1. The zero-order chi connectivity index (χ0) is 14.7. The summed E-state index contributed by atoms with van der Waals surface area (Å²) in [5.41, 5.74) is 6.79. The van der Waals surface area contributed by atoms with Crippen molar-refractivity contribution in [3.05, 3.63) is 30.7 Å². The predicted molar refractivity (Wildman–Crippen MR) is 83.7 cm³/mol. The summed E-state index contributed by atoms with van der Waals surface area (Å²) in [6, 6.07) is 5.65. The Morgan fingerprint density at radius 3 is 2.62 bits per heavy atom. The van der Waals surface area contributed by atoms with Crippen LogP contribution in [0.25, 0.3) is 0 Å². The molecule has 1 fully saturated rings. The lowest BCUT2D eigenvalue weighted by atomic mass is 10.3. The van der Waals surface area contributed by atoms with Crippen molar-refractivity contribution in [1.82, 2.24) is 19.9 Å². The normalized spacial score (nSPS) is 16.0. The summed E-state index contributed by atoms with van der Waals surface area (Å²) in [5, 5.41) is 3.14. The van der Waals surface area contributed by atoms with E-state index in [0.29, 0.717) is 17.3 Å². The molecule has 3 rings (SSSR count). The number of rotatable bonds is 3. The maximum Gasteiger partial charge on any atom is 0.160 e. The molecule has 1 saturated heterocycles. The van der Waals surface area contributed by atoms with E-state index in [1.165, 1.54) is 6.33 Å². The Morgan fingerprint density at radius 2 is 1.90 bits per heavy atom. The van der Waals surface area contributed by atoms with Crippen molar-refractivity contribution in [3.63, 3.8) is 0 Å². The molecule has 110 valence electrons. The van der Waals surface area contributed by atoms with Gasteiger partial charge in [-0.15, -0.1) is 0 Å². The third-order valence-electron chi connectivity index (χ3n) is 3.58. The molecule has 1 aliphatic rings. The van der Waals surface area contributed by atoms with Crippen LogP contribution in [0.5, 0.6) is 0 Å². The summed E-state index contributed by atoms with van der Waals surface area (Å²) >= 11 is 0. The van der Waals surface area contributed by atoms with Gasteiger partial charge in [0, 0.05) is 32.4 Å². The Morgan fingerprint density at radius 1 is 1.10 bits per heavy atom. The van der Waals surface area contributed by atoms with E-state index in [0.717, 1.165) is 32.0 Å². The lowest BCUT2D eigenvalue weighted by Crippen LogP contribution is -2.45. The summed E-state index contributed by atoms with van der Waals surface area (Å²) in [5.74, 6) is 2.10. The minimum absolute atomic E-state index is 0.563. The number of nitrogens with zero attached hydrogens (tertiary/aromatic N) is 5. The average molecular weight is 285 g/mol. The molecule has 0 atom stereocenters. The minimum atomic E-state index is 0.563. The molecule has 3 N–H and O–H groups in total. The summed E-state index contributed by atoms with van der Waals surface area (Å²) < 4.78 is 0. The number of hydrogen-bond acceptors (Lipinski definition) is 7. The fourth-order valence-corrected chi connectivity index (χ4v) is 2.31. The summed E-state index contributed by atoms with van der Waals surface area (Å²) in [7, 11) is 2.12. The first kappa shape index (κ1) is 13.6. The lowest BCUT2D eigenvalue weighted by molar-refractivity contribution is 0.312. The number of nitrogens with two attached hydrogens (primary N) is 1. The van der Waals surface area contributed by atoms with Crippen LogP contribution in [-0.2, 0) is 0 Å². The van der Waals surface area contributed by atoms with Crippen molar-refractivity contribution in [2.24, 2.45) is 0 Å². The summed E-state index contributed by atoms with van der Waals surface area (Å²) in [6.07, 6.45) is 3.26. The zero-order valence-corrected chi connectivity index (χ0v) is 12.0. The van der Waals surface area contributed by atoms with Crippen molar-refractivity contribution < 1.29 is 0 Å². The Bertz CT molecular complexity index is 594. The Kier molecular flexibility index (Phi) is 3.83. The smallest absolute Gasteiger partial charge is 0.160 e. The SMILES string of the molecule is CN1CCN(c2ncnc(Nc3ccccn3)c2N)CC1. The van der Waals surface area contributed by atoms with Crippen molar-refractivity contribution in [1.29, 1.82) is 0 Å². The molecule has 21 heavy (non-hydrogen) atoms. The standard InChI is InChI=1S/C14H19N7/c1-20-6-8-21(9-7-20)14-12(15)13(17-10-18-14)19-11-4-2-3-5-16-11/h2-5,10H,6-9,15H2,1H3,(H,16,17,18,19). The topological polar surface area (TPSA) is 83.2 Å². The van der Waals surface area contributed by atoms with Gasteiger partial charge in [0.1, 0.15) is 17.8 Å². The molecule has 1 aliphatic heterocycles. The van der Waals surface area contributed by atoms with Gasteiger partial charge in [0.25, 0.3) is 0 Å². The first-order valence-corrected chi connectivity index (χ1v) is 6.96. The maximum atomic E-state index is 6.23. The van der Waals surface area contributed by atoms with Crippen LogP contribution in [0.2, 0.25) is 0 Å². The second kappa shape index (κ2) is 5.92. The molecule has 0 unspecified atom stereocenters. The molecular weight excluding hydrogens is 266 g/mol. The molecule has 2 aromatic rings. The first-order chi connectivity index (χ1) is 10.2. The van der Waals surface area contributed by atoms with E-state index in [9.17, 15) is 0 Å². The van der Waals surface area contributed by atoms with E-state index in [4.69, 9.17) is 5.73 Å². The highest BCUT2D eigenvalue weighted by molar-refractivity contribution is 5.77. The lowest BCUT2D eigenvalue weighted by Gasteiger charge is -2.33. The van der Waals surface area contributed by atoms with E-state index in [1.807, 2.05) is 18.2 Å². The second-order valence-electron chi connectivity index (χ2n) is 5.09. The molecule has 0 aliphatic carbocycles. The largest absolute Gasteiger partial charge is 0.393 e. The van der Waals surface area contributed by atoms with E-state index in [2.05, 4.69) is 37.1 Å². The van der Waals surface area contributed by atoms with E-state index < -0.39 is 0 Å². The molecule has 2 aromatic heterocycles. The van der Waals surface area contributed by atoms with E-state index in [-0.39, 0.29) is 0 Å². The minimum Gasteiger partial charge on any atom is -0.393 e. The monoisotopic (exact) mass is 285 g/mol. The van der Waals surface area contributed by atoms with E-state index in [1.54, 1.807) is 6.20 Å². The number of nitrogen functional groups attached to an aromatic ring is 1. The number of pyridine rings is 1. The van der Waals surface area contributed by atoms with Gasteiger partial charge in [-0.3, -0.25) is 0 Å². The van der Waals surface area contributed by atoms with Crippen LogP contribution in [0.15, 0.2) is 30.7 Å². The molecule has 0 bridgehead atoms. The summed E-state index contributed by atoms with van der Waals surface area (Å²) in [6.45, 7) is 3.85. The maximum absolute atomic E-state index is 6.23. The Labute approximate surface area is 123 Å². The number of nitrogens with one attached hydrogen (secondary N) is 1. The van der Waals surface area contributed by atoms with Crippen LogP contribution >= 0.6 is 0 Å². The van der Waals surface area contributed by atoms with Crippen molar-refractivity contribution >= 4 is 23.1 Å². The molecule has 3 heterocycles. The van der Waals surface area contributed by atoms with Gasteiger partial charge < -0.3 is 20.9 Å². The predicted octanol–water partition coefficient (Wildman–Crippen LogP) is 0.949. The van der Waals surface area contributed by atoms with Crippen molar-refractivity contribution in [3.8, 4) is 0 Å². The molecular formula is C14H19N7. The van der Waals surface area contributed by atoms with Gasteiger partial charge in [0.15, 0.2) is 11.6 Å². The quantitative estimate of drug-likeness (QED) is 0.868. The molecule has 0 spiro atoms. The highest BCUT2D eigenvalue weighted by Gasteiger charge is 2.19. The van der Waals surface area contributed by atoms with Crippen LogP contribution in [-0.4, -0.2) is 53.1 Å². The molecule has 0 radical (unpaired) electrons. The van der Waals surface area contributed by atoms with Crippen LogP contribution in [0.4, 0.5) is 23.1 Å². The highest BCUT2D eigenvalue weighted by Crippen LogP contribution is 2.28. The van der Waals surface area contributed by atoms with Crippen LogP contribution in [0.3, 0.4) is 0 Å². The third kappa shape index (κ3) is 3.03. The second-order valence-corrected chi connectivity index (χ2v) is 5.09. The van der Waals surface area contributed by atoms with Gasteiger partial charge in [0.05, 0.1) is 0 Å². The van der Waals surface area contributed by atoms with Gasteiger partial charge in [0.2, 0.25) is 0 Å². The van der Waals surface area contributed by atoms with Gasteiger partial charge in [-0.1, -0.05) is 6.07 Å². The zero-order valence-electron chi connectivity index (χ0n) is 12.0. The van der Waals surface area contributed by atoms with Gasteiger partial charge in [-0.25, -0.2) is 15.0 Å². The average Bonchev–Trinajstić information content (AvgIpc) is 2.52. The fourth-order valence-electron chi connectivity index (χ4n) is 2.31. The van der Waals surface area contributed by atoms with Crippen molar-refractivity contribution in [2.45, 2.75) is 0 Å². The Balaban J connectivity index is 1.82. The van der Waals surface area contributed by atoms with Crippen molar-refractivity contribution in [2.75, 3.05) is 49.2 Å².